The van der Waals surface area contributed by atoms with Gasteiger partial charge in [0, 0.05) is 30.7 Å². The van der Waals surface area contributed by atoms with Crippen LogP contribution in [0.15, 0.2) is 5.38 Å². The van der Waals surface area contributed by atoms with Gasteiger partial charge in [0.25, 0.3) is 0 Å². The maximum atomic E-state index is 12.8. The van der Waals surface area contributed by atoms with Crippen molar-refractivity contribution in [3.63, 3.8) is 0 Å². The van der Waals surface area contributed by atoms with Crippen molar-refractivity contribution in [2.24, 2.45) is 23.2 Å². The summed E-state index contributed by atoms with van der Waals surface area (Å²) in [7, 11) is 0. The number of ketones is 1. The van der Waals surface area contributed by atoms with Crippen LogP contribution in [-0.4, -0.2) is 29.1 Å². The molecule has 1 heterocycles. The molecule has 1 aromatic rings. The lowest BCUT2D eigenvalue weighted by Crippen LogP contribution is -2.53. The summed E-state index contributed by atoms with van der Waals surface area (Å²) in [5, 5.41) is 7.91. The van der Waals surface area contributed by atoms with Crippen molar-refractivity contribution in [2.45, 2.75) is 58.3 Å². The van der Waals surface area contributed by atoms with Crippen LogP contribution in [0, 0.1) is 23.2 Å². The average Bonchev–Trinajstić information content (AvgIpc) is 3.06. The second kappa shape index (κ2) is 7.34. The SMILES string of the molecule is CC(=O)c1csc(NC(=O)CCCNC(=O)C23CC4CC(CC(C4)C2)C3)n1. The normalized spacial score (nSPS) is 30.9. The Morgan fingerprint density at radius 3 is 2.33 bits per heavy atom. The topological polar surface area (TPSA) is 88.2 Å². The van der Waals surface area contributed by atoms with Crippen molar-refractivity contribution < 1.29 is 14.4 Å². The third-order valence-electron chi connectivity index (χ3n) is 6.50. The number of rotatable bonds is 7. The first-order valence-electron chi connectivity index (χ1n) is 9.98. The molecule has 2 N–H and O–H groups in total. The van der Waals surface area contributed by atoms with Gasteiger partial charge in [-0.2, -0.15) is 0 Å². The Kier molecular flexibility index (Phi) is 5.05. The molecule has 0 saturated heterocycles. The van der Waals surface area contributed by atoms with Crippen LogP contribution in [0.2, 0.25) is 0 Å². The molecule has 0 atom stereocenters. The molecule has 4 bridgehead atoms. The first-order valence-corrected chi connectivity index (χ1v) is 10.9. The summed E-state index contributed by atoms with van der Waals surface area (Å²) in [5.41, 5.74) is 0.249. The van der Waals surface area contributed by atoms with Crippen molar-refractivity contribution in [3.8, 4) is 0 Å². The number of nitrogens with one attached hydrogen (secondary N) is 2. The van der Waals surface area contributed by atoms with Gasteiger partial charge in [0.2, 0.25) is 11.8 Å². The Morgan fingerprint density at radius 2 is 1.78 bits per heavy atom. The summed E-state index contributed by atoms with van der Waals surface area (Å²) in [6.07, 6.45) is 8.11. The van der Waals surface area contributed by atoms with Crippen LogP contribution in [0.4, 0.5) is 5.13 Å². The minimum absolute atomic E-state index is 0.112. The largest absolute Gasteiger partial charge is 0.356 e. The van der Waals surface area contributed by atoms with E-state index in [9.17, 15) is 14.4 Å². The summed E-state index contributed by atoms with van der Waals surface area (Å²) in [4.78, 5) is 40.2. The highest BCUT2D eigenvalue weighted by Crippen LogP contribution is 2.60. The van der Waals surface area contributed by atoms with Gasteiger partial charge in [-0.05, 0) is 62.7 Å². The van der Waals surface area contributed by atoms with Gasteiger partial charge >= 0.3 is 0 Å². The smallest absolute Gasteiger partial charge is 0.226 e. The lowest BCUT2D eigenvalue weighted by atomic mass is 9.49. The van der Waals surface area contributed by atoms with Gasteiger partial charge in [-0.25, -0.2) is 4.98 Å². The molecule has 4 fully saturated rings. The number of thiazole rings is 1. The molecule has 146 valence electrons. The molecule has 4 aliphatic carbocycles. The minimum atomic E-state index is -0.136. The number of anilines is 1. The zero-order valence-electron chi connectivity index (χ0n) is 15.8. The van der Waals surface area contributed by atoms with Crippen molar-refractivity contribution in [2.75, 3.05) is 11.9 Å². The van der Waals surface area contributed by atoms with Gasteiger partial charge < -0.3 is 10.6 Å². The van der Waals surface area contributed by atoms with Crippen LogP contribution in [0.3, 0.4) is 0 Å². The van der Waals surface area contributed by atoms with Crippen molar-refractivity contribution in [3.05, 3.63) is 11.1 Å². The van der Waals surface area contributed by atoms with E-state index in [2.05, 4.69) is 15.6 Å². The maximum absolute atomic E-state index is 12.8. The number of hydrogen-bond donors (Lipinski definition) is 2. The zero-order chi connectivity index (χ0) is 19.0. The highest BCUT2D eigenvalue weighted by atomic mass is 32.1. The van der Waals surface area contributed by atoms with Crippen LogP contribution >= 0.6 is 11.3 Å². The number of hydrogen-bond acceptors (Lipinski definition) is 5. The number of aromatic nitrogens is 1. The Balaban J connectivity index is 1.20. The average molecular weight is 390 g/mol. The van der Waals surface area contributed by atoms with Gasteiger partial charge in [0.15, 0.2) is 10.9 Å². The number of carbonyl (C=O) groups excluding carboxylic acids is 3. The number of Topliss-reactive ketones (excluding diaryl/α,β-unsaturated/α-hetero) is 1. The molecule has 0 spiro atoms. The molecule has 0 aliphatic heterocycles. The Labute approximate surface area is 163 Å². The first-order chi connectivity index (χ1) is 12.9. The van der Waals surface area contributed by atoms with Gasteiger partial charge in [-0.1, -0.05) is 0 Å². The molecule has 0 aromatic carbocycles. The Bertz CT molecular complexity index is 722. The van der Waals surface area contributed by atoms with Crippen LogP contribution in [0.1, 0.15) is 68.8 Å². The van der Waals surface area contributed by atoms with Gasteiger partial charge in [-0.15, -0.1) is 11.3 Å². The molecule has 4 saturated carbocycles. The summed E-state index contributed by atoms with van der Waals surface area (Å²) in [6, 6.07) is 0. The van der Waals surface area contributed by atoms with Crippen LogP contribution in [0.25, 0.3) is 0 Å². The molecule has 27 heavy (non-hydrogen) atoms. The molecular weight excluding hydrogens is 362 g/mol. The predicted octanol–water partition coefficient (Wildman–Crippen LogP) is 3.40. The van der Waals surface area contributed by atoms with Crippen molar-refractivity contribution >= 4 is 34.1 Å². The van der Waals surface area contributed by atoms with E-state index in [4.69, 9.17) is 0 Å². The number of carbonyl (C=O) groups is 3. The van der Waals surface area contributed by atoms with E-state index in [0.29, 0.717) is 30.2 Å². The summed E-state index contributed by atoms with van der Waals surface area (Å²) in [5.74, 6) is 2.23. The molecule has 0 unspecified atom stereocenters. The fourth-order valence-corrected chi connectivity index (χ4v) is 6.47. The lowest BCUT2D eigenvalue weighted by molar-refractivity contribution is -0.146. The second-order valence-electron chi connectivity index (χ2n) is 8.70. The molecule has 1 aromatic heterocycles. The van der Waals surface area contributed by atoms with Gasteiger partial charge in [-0.3, -0.25) is 14.4 Å². The highest BCUT2D eigenvalue weighted by molar-refractivity contribution is 7.14. The van der Waals surface area contributed by atoms with E-state index in [1.807, 2.05) is 0 Å². The lowest BCUT2D eigenvalue weighted by Gasteiger charge is -2.55. The van der Waals surface area contributed by atoms with Crippen molar-refractivity contribution in [1.82, 2.24) is 10.3 Å². The first kappa shape index (κ1) is 18.6. The van der Waals surface area contributed by atoms with Gasteiger partial charge in [0.05, 0.1) is 0 Å². The summed E-state index contributed by atoms with van der Waals surface area (Å²) in [6.45, 7) is 1.98. The molecular formula is C20H27N3O3S. The van der Waals surface area contributed by atoms with E-state index in [1.165, 1.54) is 37.5 Å². The predicted molar refractivity (Wildman–Crippen MR) is 104 cm³/mol. The summed E-state index contributed by atoms with van der Waals surface area (Å²) < 4.78 is 0. The van der Waals surface area contributed by atoms with Crippen LogP contribution in [0.5, 0.6) is 0 Å². The second-order valence-corrected chi connectivity index (χ2v) is 9.56. The standard InChI is InChI=1S/C20H27N3O3S/c1-12(24)16-11-27-19(22-16)23-17(25)3-2-4-21-18(26)20-8-13-5-14(9-20)7-15(6-13)10-20/h11,13-15H,2-10H2,1H3,(H,21,26)(H,22,23,25). The van der Waals surface area contributed by atoms with E-state index in [-0.39, 0.29) is 23.0 Å². The fourth-order valence-electron chi connectivity index (χ4n) is 5.70. The number of amides is 2. The number of nitrogens with zero attached hydrogens (tertiary/aromatic N) is 1. The Hall–Kier alpha value is -1.76. The third-order valence-corrected chi connectivity index (χ3v) is 7.26. The van der Waals surface area contributed by atoms with Crippen molar-refractivity contribution in [1.29, 1.82) is 0 Å². The third kappa shape index (κ3) is 3.93. The highest BCUT2D eigenvalue weighted by Gasteiger charge is 2.54. The van der Waals surface area contributed by atoms with Crippen LogP contribution < -0.4 is 10.6 Å². The van der Waals surface area contributed by atoms with Gasteiger partial charge in [0.1, 0.15) is 5.69 Å². The molecule has 4 aliphatic rings. The van der Waals surface area contributed by atoms with E-state index < -0.39 is 0 Å². The monoisotopic (exact) mass is 389 g/mol. The van der Waals surface area contributed by atoms with E-state index >= 15 is 0 Å². The maximum Gasteiger partial charge on any atom is 0.226 e. The van der Waals surface area contributed by atoms with E-state index in [1.54, 1.807) is 5.38 Å². The quantitative estimate of drug-likeness (QED) is 0.553. The summed E-state index contributed by atoms with van der Waals surface area (Å²) >= 11 is 1.25. The molecule has 5 rings (SSSR count). The minimum Gasteiger partial charge on any atom is -0.356 e. The van der Waals surface area contributed by atoms with E-state index in [0.717, 1.165) is 37.0 Å². The molecule has 7 heteroatoms. The zero-order valence-corrected chi connectivity index (χ0v) is 16.6. The Morgan fingerprint density at radius 1 is 1.15 bits per heavy atom. The molecule has 2 amide bonds. The van der Waals surface area contributed by atoms with Crippen LogP contribution in [-0.2, 0) is 9.59 Å². The fraction of sp³-hybridized carbons (Fsp3) is 0.700. The molecule has 6 nitrogen and oxygen atoms in total. The molecule has 0 radical (unpaired) electrons.